The Balaban J connectivity index is 1.64. The Morgan fingerprint density at radius 3 is 2.36 bits per heavy atom. The summed E-state index contributed by atoms with van der Waals surface area (Å²) in [5.74, 6) is 0.408. The van der Waals surface area contributed by atoms with Crippen LogP contribution in [0.2, 0.25) is 0 Å². The number of urea groups is 1. The number of nitrogens with zero attached hydrogens (tertiary/aromatic N) is 2. The normalized spacial score (nSPS) is 14.9. The third kappa shape index (κ3) is 4.70. The van der Waals surface area contributed by atoms with Crippen molar-refractivity contribution in [2.75, 3.05) is 26.2 Å². The van der Waals surface area contributed by atoms with Crippen molar-refractivity contribution in [1.82, 2.24) is 4.90 Å². The average molecular weight is 445 g/mol. The molecule has 0 N–H and O–H groups in total. The number of hydrogen-bond acceptors (Lipinski definition) is 4. The van der Waals surface area contributed by atoms with Gasteiger partial charge >= 0.3 is 12.0 Å². The monoisotopic (exact) mass is 444 g/mol. The highest BCUT2D eigenvalue weighted by atomic mass is 16.5. The van der Waals surface area contributed by atoms with E-state index in [1.165, 1.54) is 7.11 Å². The van der Waals surface area contributed by atoms with Crippen LogP contribution < -0.4 is 9.64 Å². The first-order valence-corrected chi connectivity index (χ1v) is 10.9. The molecule has 3 aromatic rings. The molecule has 1 atom stereocenters. The molecule has 3 aromatic carbocycles. The average Bonchev–Trinajstić information content (AvgIpc) is 2.87. The Hall–Kier alpha value is -3.80. The van der Waals surface area contributed by atoms with Crippen LogP contribution in [0.3, 0.4) is 0 Å². The molecule has 0 bridgehead atoms. The van der Waals surface area contributed by atoms with Gasteiger partial charge in [-0.05, 0) is 52.9 Å². The second-order valence-electron chi connectivity index (χ2n) is 8.13. The largest absolute Gasteiger partial charge is 0.497 e. The molecule has 0 radical (unpaired) electrons. The molecule has 4 rings (SSSR count). The van der Waals surface area contributed by atoms with Gasteiger partial charge in [0.15, 0.2) is 0 Å². The number of carbonyl (C=O) groups excluding carboxylic acids is 2. The molecule has 6 nitrogen and oxygen atoms in total. The first kappa shape index (κ1) is 22.4. The Bertz CT molecular complexity index is 1130. The van der Waals surface area contributed by atoms with Crippen molar-refractivity contribution in [1.29, 1.82) is 0 Å². The standard InChI is InChI=1S/C27H28N2O4/c1-28(22-10-5-4-6-11-22)27(31)29-18-21-9-7-8-20(24(21)17-25(29)26(30)33-3)16-19-12-14-23(32-2)15-13-19/h4-15,25H,16-18H2,1-3H3. The van der Waals surface area contributed by atoms with Crippen molar-refractivity contribution < 1.29 is 19.1 Å². The van der Waals surface area contributed by atoms with Crippen molar-refractivity contribution >= 4 is 17.7 Å². The van der Waals surface area contributed by atoms with Crippen LogP contribution in [0.5, 0.6) is 5.75 Å². The molecule has 0 aliphatic carbocycles. The SMILES string of the molecule is COC(=O)C1Cc2c(Cc3ccc(OC)cc3)cccc2CN1C(=O)N(C)c1ccccc1. The van der Waals surface area contributed by atoms with Crippen LogP contribution in [0.1, 0.15) is 22.3 Å². The number of carbonyl (C=O) groups is 2. The molecule has 6 heteroatoms. The molecule has 1 heterocycles. The zero-order valence-electron chi connectivity index (χ0n) is 19.2. The van der Waals surface area contributed by atoms with Crippen molar-refractivity contribution in [2.24, 2.45) is 0 Å². The lowest BCUT2D eigenvalue weighted by molar-refractivity contribution is -0.146. The predicted octanol–water partition coefficient (Wildman–Crippen LogP) is 4.44. The Labute approximate surface area is 194 Å². The van der Waals surface area contributed by atoms with E-state index in [4.69, 9.17) is 9.47 Å². The minimum absolute atomic E-state index is 0.234. The summed E-state index contributed by atoms with van der Waals surface area (Å²) in [5.41, 5.74) is 5.23. The second kappa shape index (κ2) is 9.77. The summed E-state index contributed by atoms with van der Waals surface area (Å²) in [6.07, 6.45) is 1.15. The number of hydrogen-bond donors (Lipinski definition) is 0. The Kier molecular flexibility index (Phi) is 6.63. The highest BCUT2D eigenvalue weighted by molar-refractivity contribution is 5.94. The number of benzene rings is 3. The van der Waals surface area contributed by atoms with Gasteiger partial charge in [0.2, 0.25) is 0 Å². The second-order valence-corrected chi connectivity index (χ2v) is 8.13. The first-order chi connectivity index (χ1) is 16.0. The number of para-hydroxylation sites is 1. The van der Waals surface area contributed by atoms with E-state index >= 15 is 0 Å². The molecule has 0 saturated heterocycles. The summed E-state index contributed by atoms with van der Waals surface area (Å²) in [6.45, 7) is 0.349. The van der Waals surface area contributed by atoms with E-state index in [9.17, 15) is 9.59 Å². The van der Waals surface area contributed by atoms with E-state index < -0.39 is 12.0 Å². The molecule has 0 fully saturated rings. The molecular weight excluding hydrogens is 416 g/mol. The van der Waals surface area contributed by atoms with Gasteiger partial charge in [0.05, 0.1) is 14.2 Å². The Morgan fingerprint density at radius 1 is 0.970 bits per heavy atom. The van der Waals surface area contributed by atoms with Crippen LogP contribution in [-0.4, -0.2) is 44.2 Å². The molecular formula is C27H28N2O4. The summed E-state index contributed by atoms with van der Waals surface area (Å²) in [6, 6.07) is 22.6. The fourth-order valence-corrected chi connectivity index (χ4v) is 4.33. The van der Waals surface area contributed by atoms with Gasteiger partial charge in [0.1, 0.15) is 11.8 Å². The zero-order valence-corrected chi connectivity index (χ0v) is 19.2. The van der Waals surface area contributed by atoms with Gasteiger partial charge in [-0.2, -0.15) is 0 Å². The van der Waals surface area contributed by atoms with Crippen molar-refractivity contribution in [3.63, 3.8) is 0 Å². The van der Waals surface area contributed by atoms with E-state index in [-0.39, 0.29) is 6.03 Å². The summed E-state index contributed by atoms with van der Waals surface area (Å²) in [4.78, 5) is 29.3. The van der Waals surface area contributed by atoms with E-state index in [1.54, 1.807) is 24.0 Å². The van der Waals surface area contributed by atoms with Gasteiger partial charge < -0.3 is 14.4 Å². The van der Waals surface area contributed by atoms with Gasteiger partial charge in [0, 0.05) is 25.7 Å². The van der Waals surface area contributed by atoms with Gasteiger partial charge in [-0.25, -0.2) is 9.59 Å². The number of anilines is 1. The highest BCUT2D eigenvalue weighted by Gasteiger charge is 2.37. The fourth-order valence-electron chi connectivity index (χ4n) is 4.33. The lowest BCUT2D eigenvalue weighted by Gasteiger charge is -2.38. The lowest BCUT2D eigenvalue weighted by Crippen LogP contribution is -2.53. The number of ether oxygens (including phenoxy) is 2. The maximum Gasteiger partial charge on any atom is 0.329 e. The number of amides is 2. The summed E-state index contributed by atoms with van der Waals surface area (Å²) < 4.78 is 10.3. The molecule has 0 saturated carbocycles. The number of rotatable bonds is 5. The van der Waals surface area contributed by atoms with Crippen LogP contribution in [0, 0.1) is 0 Å². The molecule has 2 amide bonds. The highest BCUT2D eigenvalue weighted by Crippen LogP contribution is 2.30. The van der Waals surface area contributed by atoms with Gasteiger partial charge in [-0.1, -0.05) is 48.5 Å². The van der Waals surface area contributed by atoms with E-state index in [1.807, 2.05) is 66.7 Å². The van der Waals surface area contributed by atoms with E-state index in [0.717, 1.165) is 40.1 Å². The maximum atomic E-state index is 13.4. The van der Waals surface area contributed by atoms with Crippen LogP contribution in [0.4, 0.5) is 10.5 Å². The van der Waals surface area contributed by atoms with Crippen molar-refractivity contribution in [3.05, 3.63) is 95.1 Å². The lowest BCUT2D eigenvalue weighted by atomic mass is 9.87. The van der Waals surface area contributed by atoms with Gasteiger partial charge in [0.25, 0.3) is 0 Å². The minimum atomic E-state index is -0.682. The van der Waals surface area contributed by atoms with Crippen molar-refractivity contribution in [2.45, 2.75) is 25.4 Å². The van der Waals surface area contributed by atoms with Crippen LogP contribution in [0.25, 0.3) is 0 Å². The summed E-state index contributed by atoms with van der Waals surface area (Å²) in [7, 11) is 4.74. The molecule has 33 heavy (non-hydrogen) atoms. The van der Waals surface area contributed by atoms with E-state index in [0.29, 0.717) is 13.0 Å². The zero-order chi connectivity index (χ0) is 23.4. The fraction of sp³-hybridized carbons (Fsp3) is 0.259. The summed E-state index contributed by atoms with van der Waals surface area (Å²) >= 11 is 0. The van der Waals surface area contributed by atoms with Crippen molar-refractivity contribution in [3.8, 4) is 5.75 Å². The smallest absolute Gasteiger partial charge is 0.329 e. The summed E-state index contributed by atoms with van der Waals surface area (Å²) in [5, 5.41) is 0. The number of fused-ring (bicyclic) bond motifs is 1. The topological polar surface area (TPSA) is 59.1 Å². The predicted molar refractivity (Wildman–Crippen MR) is 128 cm³/mol. The molecule has 1 aliphatic rings. The minimum Gasteiger partial charge on any atom is -0.497 e. The Morgan fingerprint density at radius 2 is 1.70 bits per heavy atom. The number of esters is 1. The maximum absolute atomic E-state index is 13.4. The molecule has 0 aromatic heterocycles. The third-order valence-electron chi connectivity index (χ3n) is 6.19. The number of methoxy groups -OCH3 is 2. The van der Waals surface area contributed by atoms with Gasteiger partial charge in [-0.15, -0.1) is 0 Å². The molecule has 1 unspecified atom stereocenters. The molecule has 1 aliphatic heterocycles. The van der Waals surface area contributed by atoms with E-state index in [2.05, 4.69) is 6.07 Å². The first-order valence-electron chi connectivity index (χ1n) is 10.9. The van der Waals surface area contributed by atoms with Gasteiger partial charge in [-0.3, -0.25) is 4.90 Å². The third-order valence-corrected chi connectivity index (χ3v) is 6.19. The molecule has 0 spiro atoms. The quantitative estimate of drug-likeness (QED) is 0.546. The molecule has 170 valence electrons. The van der Waals surface area contributed by atoms with Crippen LogP contribution in [-0.2, 0) is 28.9 Å². The van der Waals surface area contributed by atoms with Crippen LogP contribution in [0.15, 0.2) is 72.8 Å². The van der Waals surface area contributed by atoms with Crippen LogP contribution >= 0.6 is 0 Å².